The number of primary amides is 1. The number of benzene rings is 2. The molecule has 0 aliphatic rings. The molecule has 0 aliphatic carbocycles. The first-order valence-electron chi connectivity index (χ1n) is 9.77. The summed E-state index contributed by atoms with van der Waals surface area (Å²) in [6.45, 7) is 1.95. The molecule has 0 spiro atoms. The Hall–Kier alpha value is -3.71. The lowest BCUT2D eigenvalue weighted by Gasteiger charge is -2.11. The topological polar surface area (TPSA) is 98.2 Å². The molecule has 7 heteroatoms. The van der Waals surface area contributed by atoms with Gasteiger partial charge in [-0.2, -0.15) is 0 Å². The maximum absolute atomic E-state index is 11.4. The van der Waals surface area contributed by atoms with Crippen molar-refractivity contribution >= 4 is 23.2 Å². The van der Waals surface area contributed by atoms with Crippen molar-refractivity contribution in [2.45, 2.75) is 19.8 Å². The first kappa shape index (κ1) is 20.6. The number of hydrogen-bond donors (Lipinski definition) is 2. The van der Waals surface area contributed by atoms with Crippen LogP contribution in [0.3, 0.4) is 0 Å². The SMILES string of the molecule is Cc1nccn1-c1ccc(-c2c(-c3ccc(C(N)=O)cc3)csc2CCC(=O)O)cc1. The molecular formula is C24H21N3O3S. The number of imidazole rings is 1. The van der Waals surface area contributed by atoms with E-state index in [4.69, 9.17) is 10.8 Å². The Morgan fingerprint density at radius 1 is 1.06 bits per heavy atom. The number of thiophene rings is 1. The normalized spacial score (nSPS) is 10.9. The Bertz CT molecular complexity index is 1240. The lowest BCUT2D eigenvalue weighted by molar-refractivity contribution is -0.136. The summed E-state index contributed by atoms with van der Waals surface area (Å²) in [5, 5.41) is 11.2. The molecule has 2 aromatic carbocycles. The van der Waals surface area contributed by atoms with Crippen molar-refractivity contribution in [1.82, 2.24) is 9.55 Å². The molecule has 0 radical (unpaired) electrons. The molecule has 0 aliphatic heterocycles. The fraction of sp³-hybridized carbons (Fsp3) is 0.125. The van der Waals surface area contributed by atoms with Crippen molar-refractivity contribution in [3.05, 3.63) is 82.6 Å². The van der Waals surface area contributed by atoms with Crippen molar-refractivity contribution in [2.24, 2.45) is 5.73 Å². The van der Waals surface area contributed by atoms with Crippen LogP contribution in [0.2, 0.25) is 0 Å². The van der Waals surface area contributed by atoms with Crippen LogP contribution in [0.5, 0.6) is 0 Å². The molecule has 0 unspecified atom stereocenters. The zero-order valence-electron chi connectivity index (χ0n) is 16.9. The highest BCUT2D eigenvalue weighted by molar-refractivity contribution is 7.11. The summed E-state index contributed by atoms with van der Waals surface area (Å²) in [5.74, 6) is -0.386. The molecular weight excluding hydrogens is 410 g/mol. The molecule has 0 saturated carbocycles. The second kappa shape index (κ2) is 8.57. The lowest BCUT2D eigenvalue weighted by Crippen LogP contribution is -2.10. The number of aryl methyl sites for hydroxylation is 2. The fourth-order valence-corrected chi connectivity index (χ4v) is 4.66. The summed E-state index contributed by atoms with van der Waals surface area (Å²) >= 11 is 1.55. The zero-order valence-corrected chi connectivity index (χ0v) is 17.7. The van der Waals surface area contributed by atoms with Gasteiger partial charge in [-0.25, -0.2) is 4.98 Å². The molecule has 4 aromatic rings. The second-order valence-electron chi connectivity index (χ2n) is 7.17. The number of rotatable bonds is 7. The third-order valence-electron chi connectivity index (χ3n) is 5.17. The molecule has 0 saturated heterocycles. The van der Waals surface area contributed by atoms with Gasteiger partial charge in [-0.05, 0) is 54.1 Å². The van der Waals surface area contributed by atoms with E-state index in [2.05, 4.69) is 4.98 Å². The highest BCUT2D eigenvalue weighted by atomic mass is 32.1. The minimum absolute atomic E-state index is 0.0693. The maximum Gasteiger partial charge on any atom is 0.303 e. The van der Waals surface area contributed by atoms with Crippen molar-refractivity contribution in [3.8, 4) is 27.9 Å². The van der Waals surface area contributed by atoms with E-state index in [1.54, 1.807) is 29.7 Å². The first-order chi connectivity index (χ1) is 14.9. The van der Waals surface area contributed by atoms with Crippen LogP contribution >= 0.6 is 11.3 Å². The number of aromatic nitrogens is 2. The summed E-state index contributed by atoms with van der Waals surface area (Å²) in [6, 6.07) is 15.3. The predicted octanol–water partition coefficient (Wildman–Crippen LogP) is 4.69. The van der Waals surface area contributed by atoms with Gasteiger partial charge in [0, 0.05) is 39.6 Å². The van der Waals surface area contributed by atoms with E-state index >= 15 is 0 Å². The van der Waals surface area contributed by atoms with Crippen LogP contribution in [0.25, 0.3) is 27.9 Å². The summed E-state index contributed by atoms with van der Waals surface area (Å²) in [4.78, 5) is 27.9. The van der Waals surface area contributed by atoms with Gasteiger partial charge in [0.25, 0.3) is 0 Å². The number of carboxylic acids is 1. The second-order valence-corrected chi connectivity index (χ2v) is 8.14. The first-order valence-corrected chi connectivity index (χ1v) is 10.6. The van der Waals surface area contributed by atoms with Gasteiger partial charge in [0.05, 0.1) is 6.42 Å². The van der Waals surface area contributed by atoms with Gasteiger partial charge < -0.3 is 15.4 Å². The molecule has 156 valence electrons. The zero-order chi connectivity index (χ0) is 22.0. The highest BCUT2D eigenvalue weighted by Crippen LogP contribution is 2.40. The van der Waals surface area contributed by atoms with Crippen LogP contribution < -0.4 is 5.73 Å². The Morgan fingerprint density at radius 3 is 2.32 bits per heavy atom. The summed E-state index contributed by atoms with van der Waals surface area (Å²) in [7, 11) is 0. The van der Waals surface area contributed by atoms with Gasteiger partial charge in [-0.1, -0.05) is 24.3 Å². The van der Waals surface area contributed by atoms with Crippen molar-refractivity contribution < 1.29 is 14.7 Å². The quantitative estimate of drug-likeness (QED) is 0.443. The van der Waals surface area contributed by atoms with Crippen LogP contribution in [0.4, 0.5) is 0 Å². The Morgan fingerprint density at radius 2 is 1.74 bits per heavy atom. The number of nitrogens with zero attached hydrogens (tertiary/aromatic N) is 2. The lowest BCUT2D eigenvalue weighted by atomic mass is 9.95. The standard InChI is InChI=1S/C24H21N3O3S/c1-15-26-12-13-27(15)19-8-6-17(7-9-19)23-20(14-31-21(23)10-11-22(28)29)16-2-4-18(5-3-16)24(25)30/h2-9,12-14H,10-11H2,1H3,(H2,25,30)(H,28,29). The van der Waals surface area contributed by atoms with E-state index < -0.39 is 11.9 Å². The Labute approximate surface area is 183 Å². The average Bonchev–Trinajstić information content (AvgIpc) is 3.38. The van der Waals surface area contributed by atoms with Crippen molar-refractivity contribution in [1.29, 1.82) is 0 Å². The molecule has 0 bridgehead atoms. The number of nitrogens with two attached hydrogens (primary N) is 1. The van der Waals surface area contributed by atoms with Gasteiger partial charge in [-0.3, -0.25) is 9.59 Å². The molecule has 3 N–H and O–H groups in total. The summed E-state index contributed by atoms with van der Waals surface area (Å²) < 4.78 is 2.01. The van der Waals surface area contributed by atoms with Crippen LogP contribution in [-0.4, -0.2) is 26.5 Å². The highest BCUT2D eigenvalue weighted by Gasteiger charge is 2.17. The molecule has 4 rings (SSSR count). The van der Waals surface area contributed by atoms with Crippen LogP contribution in [0, 0.1) is 6.92 Å². The van der Waals surface area contributed by atoms with E-state index in [9.17, 15) is 9.59 Å². The molecule has 2 aromatic heterocycles. The van der Waals surface area contributed by atoms with Crippen LogP contribution in [0.15, 0.2) is 66.3 Å². The van der Waals surface area contributed by atoms with Crippen molar-refractivity contribution in [2.75, 3.05) is 0 Å². The number of hydrogen-bond acceptors (Lipinski definition) is 4. The molecule has 6 nitrogen and oxygen atoms in total. The molecule has 1 amide bonds. The van der Waals surface area contributed by atoms with Gasteiger partial charge in [0.2, 0.25) is 5.91 Å². The van der Waals surface area contributed by atoms with Crippen molar-refractivity contribution in [3.63, 3.8) is 0 Å². The largest absolute Gasteiger partial charge is 0.481 e. The van der Waals surface area contributed by atoms with Crippen LogP contribution in [-0.2, 0) is 11.2 Å². The van der Waals surface area contributed by atoms with E-state index in [0.29, 0.717) is 12.0 Å². The van der Waals surface area contributed by atoms with E-state index in [1.165, 1.54) is 0 Å². The number of carbonyl (C=O) groups is 2. The molecule has 31 heavy (non-hydrogen) atoms. The van der Waals surface area contributed by atoms with Gasteiger partial charge in [0.15, 0.2) is 0 Å². The van der Waals surface area contributed by atoms with Gasteiger partial charge in [0.1, 0.15) is 5.82 Å². The smallest absolute Gasteiger partial charge is 0.303 e. The fourth-order valence-electron chi connectivity index (χ4n) is 3.58. The third kappa shape index (κ3) is 4.27. The minimum Gasteiger partial charge on any atom is -0.481 e. The average molecular weight is 432 g/mol. The maximum atomic E-state index is 11.4. The monoisotopic (exact) mass is 431 g/mol. The number of aliphatic carboxylic acids is 1. The molecule has 2 heterocycles. The molecule has 0 atom stereocenters. The number of carboxylic acid groups (broad SMARTS) is 1. The van der Waals surface area contributed by atoms with Crippen LogP contribution in [0.1, 0.15) is 27.5 Å². The minimum atomic E-state index is -0.822. The number of carbonyl (C=O) groups excluding carboxylic acids is 1. The van der Waals surface area contributed by atoms with Gasteiger partial charge >= 0.3 is 5.97 Å². The molecule has 0 fully saturated rings. The van der Waals surface area contributed by atoms with E-state index in [-0.39, 0.29) is 6.42 Å². The summed E-state index contributed by atoms with van der Waals surface area (Å²) in [5.41, 5.74) is 10.8. The Kier molecular flexibility index (Phi) is 5.68. The van der Waals surface area contributed by atoms with E-state index in [0.717, 1.165) is 38.6 Å². The third-order valence-corrected chi connectivity index (χ3v) is 6.22. The van der Waals surface area contributed by atoms with Gasteiger partial charge in [-0.15, -0.1) is 11.3 Å². The van der Waals surface area contributed by atoms with E-state index in [1.807, 2.05) is 59.5 Å². The Balaban J connectivity index is 1.77. The summed E-state index contributed by atoms with van der Waals surface area (Å²) in [6.07, 6.45) is 4.20. The number of amides is 1. The predicted molar refractivity (Wildman–Crippen MR) is 122 cm³/mol.